The predicted octanol–water partition coefficient (Wildman–Crippen LogP) is 3.55. The minimum absolute atomic E-state index is 0.0605. The van der Waals surface area contributed by atoms with Crippen LogP contribution in [-0.4, -0.2) is 36.9 Å². The van der Waals surface area contributed by atoms with Crippen molar-refractivity contribution >= 4 is 27.7 Å². The summed E-state index contributed by atoms with van der Waals surface area (Å²) in [5, 5.41) is 2.90. The summed E-state index contributed by atoms with van der Waals surface area (Å²) in [5.41, 5.74) is 1.25. The molecule has 0 aliphatic carbocycles. The molecule has 1 saturated heterocycles. The summed E-state index contributed by atoms with van der Waals surface area (Å²) in [6, 6.07) is 13.8. The molecule has 0 radical (unpaired) electrons. The van der Waals surface area contributed by atoms with Crippen molar-refractivity contribution in [2.75, 3.05) is 20.2 Å². The van der Waals surface area contributed by atoms with E-state index in [1.54, 1.807) is 25.3 Å². The zero-order valence-corrected chi connectivity index (χ0v) is 16.2. The molecule has 26 heavy (non-hydrogen) atoms. The monoisotopic (exact) mass is 416 g/mol. The minimum Gasteiger partial charge on any atom is -0.496 e. The van der Waals surface area contributed by atoms with Crippen molar-refractivity contribution in [1.82, 2.24) is 10.2 Å². The van der Waals surface area contributed by atoms with Crippen LogP contribution in [-0.2, 0) is 4.79 Å². The Morgan fingerprint density at radius 1 is 1.12 bits per heavy atom. The Morgan fingerprint density at radius 2 is 1.81 bits per heavy atom. The van der Waals surface area contributed by atoms with E-state index in [9.17, 15) is 9.59 Å². The topological polar surface area (TPSA) is 58.6 Å². The lowest BCUT2D eigenvalue weighted by Gasteiger charge is -2.24. The van der Waals surface area contributed by atoms with E-state index in [4.69, 9.17) is 4.74 Å². The third-order valence-corrected chi connectivity index (χ3v) is 5.11. The Morgan fingerprint density at radius 3 is 2.42 bits per heavy atom. The lowest BCUT2D eigenvalue weighted by Crippen LogP contribution is -2.41. The average molecular weight is 417 g/mol. The largest absolute Gasteiger partial charge is 0.496 e. The molecule has 1 fully saturated rings. The van der Waals surface area contributed by atoms with Gasteiger partial charge in [-0.25, -0.2) is 0 Å². The summed E-state index contributed by atoms with van der Waals surface area (Å²) in [7, 11) is 1.57. The lowest BCUT2D eigenvalue weighted by atomic mass is 10.0. The third-order valence-electron chi connectivity index (χ3n) is 4.49. The van der Waals surface area contributed by atoms with Gasteiger partial charge in [-0.15, -0.1) is 0 Å². The van der Waals surface area contributed by atoms with Crippen LogP contribution in [0.2, 0.25) is 0 Å². The first kappa shape index (κ1) is 18.5. The second-order valence-corrected chi connectivity index (χ2v) is 7.05. The fraction of sp³-hybridized carbons (Fsp3) is 0.300. The molecule has 3 rings (SSSR count). The number of halogens is 1. The smallest absolute Gasteiger partial charge is 0.252 e. The Balaban J connectivity index is 1.84. The van der Waals surface area contributed by atoms with Crippen LogP contribution in [0.15, 0.2) is 53.0 Å². The number of ether oxygens (including phenoxy) is 1. The van der Waals surface area contributed by atoms with Gasteiger partial charge in [0.05, 0.1) is 11.6 Å². The number of amides is 2. The van der Waals surface area contributed by atoms with E-state index < -0.39 is 6.04 Å². The van der Waals surface area contributed by atoms with E-state index in [0.29, 0.717) is 15.8 Å². The Labute approximate surface area is 161 Å². The molecule has 2 aromatic carbocycles. The summed E-state index contributed by atoms with van der Waals surface area (Å²) in [6.07, 6.45) is 2.01. The predicted molar refractivity (Wildman–Crippen MR) is 103 cm³/mol. The van der Waals surface area contributed by atoms with E-state index in [0.717, 1.165) is 31.5 Å². The molecule has 0 saturated carbocycles. The second kappa shape index (κ2) is 8.36. The van der Waals surface area contributed by atoms with Crippen LogP contribution in [0.1, 0.15) is 34.8 Å². The van der Waals surface area contributed by atoms with E-state index in [-0.39, 0.29) is 11.8 Å². The van der Waals surface area contributed by atoms with Gasteiger partial charge in [0.1, 0.15) is 11.8 Å². The molecule has 0 spiro atoms. The molecule has 6 heteroatoms. The maximum absolute atomic E-state index is 13.0. The molecule has 2 aromatic rings. The number of rotatable bonds is 5. The molecule has 0 bridgehead atoms. The van der Waals surface area contributed by atoms with Gasteiger partial charge in [0, 0.05) is 18.7 Å². The fourth-order valence-corrected chi connectivity index (χ4v) is 3.62. The van der Waals surface area contributed by atoms with Gasteiger partial charge in [-0.3, -0.25) is 9.59 Å². The van der Waals surface area contributed by atoms with Crippen molar-refractivity contribution in [3.8, 4) is 5.75 Å². The summed E-state index contributed by atoms with van der Waals surface area (Å²) in [4.78, 5) is 27.5. The van der Waals surface area contributed by atoms with Crippen molar-refractivity contribution in [3.05, 3.63) is 64.1 Å². The van der Waals surface area contributed by atoms with E-state index in [1.807, 2.05) is 35.2 Å². The van der Waals surface area contributed by atoms with Gasteiger partial charge < -0.3 is 15.0 Å². The Bertz CT molecular complexity index is 789. The molecule has 0 aromatic heterocycles. The van der Waals surface area contributed by atoms with E-state index in [1.165, 1.54) is 0 Å². The van der Waals surface area contributed by atoms with Gasteiger partial charge in [0.25, 0.3) is 5.91 Å². The van der Waals surface area contributed by atoms with Crippen LogP contribution in [0.5, 0.6) is 5.75 Å². The number of benzene rings is 2. The maximum Gasteiger partial charge on any atom is 0.252 e. The van der Waals surface area contributed by atoms with Crippen molar-refractivity contribution < 1.29 is 14.3 Å². The van der Waals surface area contributed by atoms with Crippen LogP contribution in [0.25, 0.3) is 0 Å². The van der Waals surface area contributed by atoms with Crippen molar-refractivity contribution in [3.63, 3.8) is 0 Å². The number of carbonyl (C=O) groups is 2. The molecule has 1 N–H and O–H groups in total. The lowest BCUT2D eigenvalue weighted by molar-refractivity contribution is -0.132. The molecular formula is C20H21BrN2O3. The molecule has 1 unspecified atom stereocenters. The SMILES string of the molecule is COc1ccc(C(=O)NC(C(=O)N2CCCC2)c2ccccc2)cc1Br. The van der Waals surface area contributed by atoms with Gasteiger partial charge in [0.15, 0.2) is 0 Å². The number of hydrogen-bond donors (Lipinski definition) is 1. The van der Waals surface area contributed by atoms with Gasteiger partial charge in [-0.2, -0.15) is 0 Å². The third kappa shape index (κ3) is 4.07. The standard InChI is InChI=1S/C20H21BrN2O3/c1-26-17-10-9-15(13-16(17)21)19(24)22-18(14-7-3-2-4-8-14)20(25)23-11-5-6-12-23/h2-4,7-10,13,18H,5-6,11-12H2,1H3,(H,22,24). The zero-order valence-electron chi connectivity index (χ0n) is 14.6. The first-order chi connectivity index (χ1) is 12.6. The van der Waals surface area contributed by atoms with Crippen LogP contribution in [0.4, 0.5) is 0 Å². The highest BCUT2D eigenvalue weighted by molar-refractivity contribution is 9.10. The Hall–Kier alpha value is -2.34. The van der Waals surface area contributed by atoms with Gasteiger partial charge in [-0.1, -0.05) is 30.3 Å². The number of methoxy groups -OCH3 is 1. The van der Waals surface area contributed by atoms with Crippen LogP contribution in [0.3, 0.4) is 0 Å². The fourth-order valence-electron chi connectivity index (χ4n) is 3.08. The molecule has 2 amide bonds. The highest BCUT2D eigenvalue weighted by Gasteiger charge is 2.29. The Kier molecular flexibility index (Phi) is 5.93. The molecular weight excluding hydrogens is 396 g/mol. The quantitative estimate of drug-likeness (QED) is 0.810. The van der Waals surface area contributed by atoms with Crippen LogP contribution in [0, 0.1) is 0 Å². The zero-order chi connectivity index (χ0) is 18.5. The molecule has 1 aliphatic rings. The molecule has 1 atom stereocenters. The number of hydrogen-bond acceptors (Lipinski definition) is 3. The minimum atomic E-state index is -0.692. The summed E-state index contributed by atoms with van der Waals surface area (Å²) in [5.74, 6) is 0.290. The van der Waals surface area contributed by atoms with E-state index >= 15 is 0 Å². The second-order valence-electron chi connectivity index (χ2n) is 6.20. The van der Waals surface area contributed by atoms with Crippen LogP contribution < -0.4 is 10.1 Å². The molecule has 5 nitrogen and oxygen atoms in total. The maximum atomic E-state index is 13.0. The van der Waals surface area contributed by atoms with Crippen molar-refractivity contribution in [1.29, 1.82) is 0 Å². The molecule has 1 heterocycles. The normalized spacial score (nSPS) is 14.8. The van der Waals surface area contributed by atoms with E-state index in [2.05, 4.69) is 21.2 Å². The number of nitrogens with zero attached hydrogens (tertiary/aromatic N) is 1. The first-order valence-corrected chi connectivity index (χ1v) is 9.37. The summed E-state index contributed by atoms with van der Waals surface area (Å²) < 4.78 is 5.89. The number of nitrogens with one attached hydrogen (secondary N) is 1. The highest BCUT2D eigenvalue weighted by atomic mass is 79.9. The number of carbonyl (C=O) groups excluding carboxylic acids is 2. The first-order valence-electron chi connectivity index (χ1n) is 8.58. The molecule has 1 aliphatic heterocycles. The summed E-state index contributed by atoms with van der Waals surface area (Å²) in [6.45, 7) is 1.48. The summed E-state index contributed by atoms with van der Waals surface area (Å²) >= 11 is 3.39. The number of likely N-dealkylation sites (tertiary alicyclic amines) is 1. The average Bonchev–Trinajstić information content (AvgIpc) is 3.21. The van der Waals surface area contributed by atoms with Crippen molar-refractivity contribution in [2.24, 2.45) is 0 Å². The van der Waals surface area contributed by atoms with Crippen molar-refractivity contribution in [2.45, 2.75) is 18.9 Å². The van der Waals surface area contributed by atoms with Gasteiger partial charge >= 0.3 is 0 Å². The molecule has 136 valence electrons. The van der Waals surface area contributed by atoms with Gasteiger partial charge in [-0.05, 0) is 52.5 Å². The highest BCUT2D eigenvalue weighted by Crippen LogP contribution is 2.26. The van der Waals surface area contributed by atoms with Gasteiger partial charge in [0.2, 0.25) is 5.91 Å². The van der Waals surface area contributed by atoms with Crippen LogP contribution >= 0.6 is 15.9 Å².